The van der Waals surface area contributed by atoms with Gasteiger partial charge in [0.05, 0.1) is 12.2 Å². The van der Waals surface area contributed by atoms with Crippen molar-refractivity contribution in [2.45, 2.75) is 98.2 Å². The molecule has 4 atom stereocenters. The highest BCUT2D eigenvalue weighted by Gasteiger charge is 2.41. The second-order valence-electron chi connectivity index (χ2n) is 8.10. The summed E-state index contributed by atoms with van der Waals surface area (Å²) >= 11 is 0. The average Bonchev–Trinajstić information content (AvgIpc) is 3.19. The average molecular weight is 280 g/mol. The Bertz CT molecular complexity index is 290. The van der Waals surface area contributed by atoms with E-state index >= 15 is 0 Å². The zero-order chi connectivity index (χ0) is 14.8. The van der Waals surface area contributed by atoms with Crippen molar-refractivity contribution in [3.63, 3.8) is 0 Å². The van der Waals surface area contributed by atoms with E-state index in [4.69, 9.17) is 4.74 Å². The van der Waals surface area contributed by atoms with Crippen LogP contribution in [0.5, 0.6) is 0 Å². The van der Waals surface area contributed by atoms with Gasteiger partial charge in [-0.15, -0.1) is 0 Å². The van der Waals surface area contributed by atoms with E-state index in [1.165, 1.54) is 51.4 Å². The Labute approximate surface area is 126 Å². The molecule has 0 aromatic rings. The molecule has 1 aliphatic heterocycles. The maximum atomic E-state index is 5.74. The molecule has 0 aromatic carbocycles. The Balaban J connectivity index is 1.74. The molecule has 0 N–H and O–H groups in total. The third-order valence-corrected chi connectivity index (χ3v) is 6.55. The van der Waals surface area contributed by atoms with Crippen LogP contribution in [-0.2, 0) is 4.74 Å². The molecule has 4 unspecified atom stereocenters. The zero-order valence-corrected chi connectivity index (χ0v) is 14.5. The summed E-state index contributed by atoms with van der Waals surface area (Å²) in [5, 5.41) is 0. The summed E-state index contributed by atoms with van der Waals surface area (Å²) < 4.78 is 5.74. The highest BCUT2D eigenvalue weighted by Crippen LogP contribution is 2.48. The van der Waals surface area contributed by atoms with Gasteiger partial charge in [-0.1, -0.05) is 41.0 Å². The number of rotatable bonds is 7. The molecule has 1 nitrogen and oxygen atoms in total. The molecule has 20 heavy (non-hydrogen) atoms. The lowest BCUT2D eigenvalue weighted by Crippen LogP contribution is -2.32. The van der Waals surface area contributed by atoms with Gasteiger partial charge in [0.15, 0.2) is 0 Å². The van der Waals surface area contributed by atoms with Gasteiger partial charge in [0.25, 0.3) is 0 Å². The van der Waals surface area contributed by atoms with Crippen LogP contribution in [0.3, 0.4) is 0 Å². The summed E-state index contributed by atoms with van der Waals surface area (Å²) in [6.45, 7) is 12.1. The third kappa shape index (κ3) is 4.00. The summed E-state index contributed by atoms with van der Waals surface area (Å²) in [4.78, 5) is 0. The fourth-order valence-electron chi connectivity index (χ4n) is 4.19. The van der Waals surface area contributed by atoms with Gasteiger partial charge in [-0.2, -0.15) is 0 Å². The largest absolute Gasteiger partial charge is 0.370 e. The van der Waals surface area contributed by atoms with E-state index in [-0.39, 0.29) is 0 Å². The molecular weight excluding hydrogens is 244 g/mol. The molecule has 0 bridgehead atoms. The first-order valence-electron chi connectivity index (χ1n) is 9.14. The predicted molar refractivity (Wildman–Crippen MR) is 86.9 cm³/mol. The van der Waals surface area contributed by atoms with Gasteiger partial charge in [-0.05, 0) is 68.1 Å². The van der Waals surface area contributed by atoms with E-state index in [9.17, 15) is 0 Å². The van der Waals surface area contributed by atoms with Gasteiger partial charge in [-0.3, -0.25) is 0 Å². The molecule has 2 aliphatic rings. The molecule has 1 saturated heterocycles. The second-order valence-corrected chi connectivity index (χ2v) is 8.10. The maximum absolute atomic E-state index is 5.74. The van der Waals surface area contributed by atoms with Gasteiger partial charge < -0.3 is 4.74 Å². The summed E-state index contributed by atoms with van der Waals surface area (Å²) in [5.41, 5.74) is 0.606. The van der Waals surface area contributed by atoms with Gasteiger partial charge in [0.2, 0.25) is 0 Å². The summed E-state index contributed by atoms with van der Waals surface area (Å²) in [7, 11) is 0. The van der Waals surface area contributed by atoms with Crippen molar-refractivity contribution in [3.8, 4) is 0 Å². The smallest absolute Gasteiger partial charge is 0.0844 e. The molecular formula is C19H36O. The number of ether oxygens (including phenoxy) is 1. The molecule has 0 radical (unpaired) electrons. The van der Waals surface area contributed by atoms with Crippen LogP contribution < -0.4 is 0 Å². The number of hydrogen-bond acceptors (Lipinski definition) is 1. The first kappa shape index (κ1) is 16.3. The monoisotopic (exact) mass is 280 g/mol. The molecule has 2 rings (SSSR count). The van der Waals surface area contributed by atoms with Crippen molar-refractivity contribution in [2.75, 3.05) is 0 Å². The molecule has 0 aromatic heterocycles. The number of hydrogen-bond donors (Lipinski definition) is 0. The fourth-order valence-corrected chi connectivity index (χ4v) is 4.19. The second kappa shape index (κ2) is 6.81. The normalized spacial score (nSPS) is 40.4. The lowest BCUT2D eigenvalue weighted by molar-refractivity contribution is 0.0821. The Morgan fingerprint density at radius 3 is 2.25 bits per heavy atom. The highest BCUT2D eigenvalue weighted by atomic mass is 16.6. The van der Waals surface area contributed by atoms with Crippen molar-refractivity contribution >= 4 is 0 Å². The van der Waals surface area contributed by atoms with E-state index < -0.39 is 0 Å². The molecule has 0 spiro atoms. The van der Waals surface area contributed by atoms with Crippen LogP contribution in [0, 0.1) is 23.2 Å². The first-order valence-corrected chi connectivity index (χ1v) is 9.14. The van der Waals surface area contributed by atoms with Gasteiger partial charge in [0.1, 0.15) is 0 Å². The van der Waals surface area contributed by atoms with Gasteiger partial charge in [-0.25, -0.2) is 0 Å². The maximum Gasteiger partial charge on any atom is 0.0844 e. The summed E-state index contributed by atoms with van der Waals surface area (Å²) in [6, 6.07) is 0. The summed E-state index contributed by atoms with van der Waals surface area (Å²) in [5.74, 6) is 2.73. The van der Waals surface area contributed by atoms with Gasteiger partial charge in [0, 0.05) is 0 Å². The minimum Gasteiger partial charge on any atom is -0.370 e. The van der Waals surface area contributed by atoms with Crippen molar-refractivity contribution in [2.24, 2.45) is 23.2 Å². The quantitative estimate of drug-likeness (QED) is 0.535. The van der Waals surface area contributed by atoms with Crippen LogP contribution in [0.25, 0.3) is 0 Å². The molecule has 1 saturated carbocycles. The number of epoxide rings is 1. The molecule has 1 heteroatoms. The minimum atomic E-state index is 0.604. The van der Waals surface area contributed by atoms with E-state index in [0.717, 1.165) is 17.8 Å². The van der Waals surface area contributed by atoms with Crippen molar-refractivity contribution < 1.29 is 4.74 Å². The Hall–Kier alpha value is -0.0400. The van der Waals surface area contributed by atoms with Crippen molar-refractivity contribution in [1.82, 2.24) is 0 Å². The van der Waals surface area contributed by atoms with E-state index in [1.54, 1.807) is 0 Å². The van der Waals surface area contributed by atoms with Crippen LogP contribution in [0.1, 0.15) is 86.0 Å². The van der Waals surface area contributed by atoms with Crippen LogP contribution in [-0.4, -0.2) is 12.2 Å². The Morgan fingerprint density at radius 1 is 1.10 bits per heavy atom. The Kier molecular flexibility index (Phi) is 5.56. The van der Waals surface area contributed by atoms with Crippen molar-refractivity contribution in [3.05, 3.63) is 0 Å². The third-order valence-electron chi connectivity index (χ3n) is 6.55. The van der Waals surface area contributed by atoms with Gasteiger partial charge >= 0.3 is 0 Å². The lowest BCUT2D eigenvalue weighted by atomic mass is 9.63. The Morgan fingerprint density at radius 2 is 1.75 bits per heavy atom. The standard InChI is InChI=1S/C19H36O/c1-6-14(3)12-15(4)19(5)10-8-16(9-11-19)13-18-17(7-2)20-18/h14-18H,6-13H2,1-5H3. The molecule has 1 heterocycles. The summed E-state index contributed by atoms with van der Waals surface area (Å²) in [6.07, 6.45) is 12.3. The SMILES string of the molecule is CCC(C)CC(C)C1(C)CCC(CC2OC2CC)CC1. The van der Waals surface area contributed by atoms with Crippen LogP contribution in [0.2, 0.25) is 0 Å². The molecule has 2 fully saturated rings. The van der Waals surface area contributed by atoms with E-state index in [0.29, 0.717) is 17.6 Å². The van der Waals surface area contributed by atoms with Crippen molar-refractivity contribution in [1.29, 1.82) is 0 Å². The zero-order valence-electron chi connectivity index (χ0n) is 14.5. The van der Waals surface area contributed by atoms with Crippen LogP contribution in [0.15, 0.2) is 0 Å². The van der Waals surface area contributed by atoms with E-state index in [1.807, 2.05) is 0 Å². The van der Waals surface area contributed by atoms with E-state index in [2.05, 4.69) is 34.6 Å². The lowest BCUT2D eigenvalue weighted by Gasteiger charge is -2.42. The van der Waals surface area contributed by atoms with Crippen LogP contribution >= 0.6 is 0 Å². The molecule has 118 valence electrons. The molecule has 1 aliphatic carbocycles. The fraction of sp³-hybridized carbons (Fsp3) is 1.00. The molecule has 0 amide bonds. The highest BCUT2D eigenvalue weighted by molar-refractivity contribution is 4.91. The topological polar surface area (TPSA) is 12.5 Å². The van der Waals surface area contributed by atoms with Crippen LogP contribution in [0.4, 0.5) is 0 Å². The first-order chi connectivity index (χ1) is 9.48. The predicted octanol–water partition coefficient (Wildman–Crippen LogP) is 5.82. The minimum absolute atomic E-state index is 0.604.